The van der Waals surface area contributed by atoms with Gasteiger partial charge >= 0.3 is 0 Å². The fraction of sp³-hybridized carbons (Fsp3) is 0.200. The molecule has 0 radical (unpaired) electrons. The average molecular weight is 285 g/mol. The highest BCUT2D eigenvalue weighted by Gasteiger charge is 2.13. The Kier molecular flexibility index (Phi) is 3.62. The summed E-state index contributed by atoms with van der Waals surface area (Å²) in [5.41, 5.74) is 2.71. The van der Waals surface area contributed by atoms with Crippen LogP contribution in [0.2, 0.25) is 0 Å². The van der Waals surface area contributed by atoms with Crippen molar-refractivity contribution < 1.29 is 5.11 Å². The maximum atomic E-state index is 10.3. The Balaban J connectivity index is 1.76. The molecular formula is C15H15N3OS. The van der Waals surface area contributed by atoms with Crippen LogP contribution < -0.4 is 0 Å². The molecular weight excluding hydrogens is 270 g/mol. The fourth-order valence-electron chi connectivity index (χ4n) is 2.05. The van der Waals surface area contributed by atoms with E-state index in [1.807, 2.05) is 48.8 Å². The van der Waals surface area contributed by atoms with Crippen molar-refractivity contribution in [2.24, 2.45) is 0 Å². The summed E-state index contributed by atoms with van der Waals surface area (Å²) in [4.78, 5) is 4.37. The predicted octanol–water partition coefficient (Wildman–Crippen LogP) is 2.91. The molecule has 4 nitrogen and oxygen atoms in total. The smallest absolute Gasteiger partial charge is 0.0897 e. The Hall–Kier alpha value is -1.98. The van der Waals surface area contributed by atoms with Crippen molar-refractivity contribution >= 4 is 11.3 Å². The van der Waals surface area contributed by atoms with E-state index in [0.29, 0.717) is 6.42 Å². The number of hydrogen-bond donors (Lipinski definition) is 1. The third-order valence-corrected chi connectivity index (χ3v) is 3.90. The molecule has 2 aromatic heterocycles. The first kappa shape index (κ1) is 13.0. The summed E-state index contributed by atoms with van der Waals surface area (Å²) in [5.74, 6) is 0. The van der Waals surface area contributed by atoms with Crippen LogP contribution in [0.5, 0.6) is 0 Å². The SMILES string of the molecule is Cc1nc(CC(O)c2cnn(-c3ccccc3)c2)cs1. The molecule has 1 unspecified atom stereocenters. The number of benzene rings is 1. The van der Waals surface area contributed by atoms with E-state index >= 15 is 0 Å². The van der Waals surface area contributed by atoms with Crippen LogP contribution in [-0.2, 0) is 6.42 Å². The second-order valence-electron chi connectivity index (χ2n) is 4.63. The van der Waals surface area contributed by atoms with Gasteiger partial charge in [-0.15, -0.1) is 11.3 Å². The lowest BCUT2D eigenvalue weighted by atomic mass is 10.1. The van der Waals surface area contributed by atoms with Gasteiger partial charge in [0.05, 0.1) is 28.7 Å². The maximum Gasteiger partial charge on any atom is 0.0897 e. The van der Waals surface area contributed by atoms with E-state index in [1.165, 1.54) is 0 Å². The summed E-state index contributed by atoms with van der Waals surface area (Å²) in [6.45, 7) is 1.97. The zero-order valence-corrected chi connectivity index (χ0v) is 11.9. The zero-order valence-electron chi connectivity index (χ0n) is 11.1. The summed E-state index contributed by atoms with van der Waals surface area (Å²) < 4.78 is 1.77. The normalized spacial score (nSPS) is 12.5. The van der Waals surface area contributed by atoms with Crippen LogP contribution in [0.15, 0.2) is 48.1 Å². The second kappa shape index (κ2) is 5.56. The fourth-order valence-corrected chi connectivity index (χ4v) is 2.67. The van der Waals surface area contributed by atoms with Gasteiger partial charge < -0.3 is 5.11 Å². The number of hydrogen-bond acceptors (Lipinski definition) is 4. The highest BCUT2D eigenvalue weighted by Crippen LogP contribution is 2.20. The van der Waals surface area contributed by atoms with Crippen LogP contribution >= 0.6 is 11.3 Å². The van der Waals surface area contributed by atoms with Crippen LogP contribution in [0.1, 0.15) is 22.4 Å². The van der Waals surface area contributed by atoms with Crippen molar-refractivity contribution in [1.82, 2.24) is 14.8 Å². The molecule has 0 spiro atoms. The van der Waals surface area contributed by atoms with E-state index in [0.717, 1.165) is 22.0 Å². The number of aliphatic hydroxyl groups excluding tert-OH is 1. The number of thiazole rings is 1. The van der Waals surface area contributed by atoms with Crippen LogP contribution in [0.4, 0.5) is 0 Å². The highest BCUT2D eigenvalue weighted by atomic mass is 32.1. The van der Waals surface area contributed by atoms with Crippen molar-refractivity contribution in [3.63, 3.8) is 0 Å². The number of aliphatic hydroxyl groups is 1. The quantitative estimate of drug-likeness (QED) is 0.802. The van der Waals surface area contributed by atoms with Gasteiger partial charge in [0.2, 0.25) is 0 Å². The first-order valence-corrected chi connectivity index (χ1v) is 7.29. The Morgan fingerprint density at radius 1 is 1.30 bits per heavy atom. The lowest BCUT2D eigenvalue weighted by molar-refractivity contribution is 0.177. The van der Waals surface area contributed by atoms with Crippen molar-refractivity contribution in [2.75, 3.05) is 0 Å². The third kappa shape index (κ3) is 2.79. The standard InChI is InChI=1S/C15H15N3OS/c1-11-17-13(10-20-11)7-15(19)12-8-16-18(9-12)14-5-3-2-4-6-14/h2-6,8-10,15,19H,7H2,1H3. The molecule has 0 aliphatic heterocycles. The molecule has 2 heterocycles. The van der Waals surface area contributed by atoms with Gasteiger partial charge in [-0.3, -0.25) is 0 Å². The van der Waals surface area contributed by atoms with Crippen LogP contribution in [0, 0.1) is 6.92 Å². The van der Waals surface area contributed by atoms with Gasteiger partial charge in [-0.25, -0.2) is 9.67 Å². The van der Waals surface area contributed by atoms with Gasteiger partial charge in [0.25, 0.3) is 0 Å². The average Bonchev–Trinajstić information content (AvgIpc) is 3.09. The number of para-hydroxylation sites is 1. The molecule has 20 heavy (non-hydrogen) atoms. The number of nitrogens with zero attached hydrogens (tertiary/aromatic N) is 3. The molecule has 3 aromatic rings. The van der Waals surface area contributed by atoms with Crippen molar-refractivity contribution in [1.29, 1.82) is 0 Å². The summed E-state index contributed by atoms with van der Waals surface area (Å²) >= 11 is 1.60. The van der Waals surface area contributed by atoms with Gasteiger partial charge in [0.15, 0.2) is 0 Å². The molecule has 0 amide bonds. The molecule has 1 aromatic carbocycles. The Morgan fingerprint density at radius 2 is 2.10 bits per heavy atom. The van der Waals surface area contributed by atoms with Gasteiger partial charge in [-0.1, -0.05) is 18.2 Å². The van der Waals surface area contributed by atoms with Crippen LogP contribution in [-0.4, -0.2) is 19.9 Å². The van der Waals surface area contributed by atoms with Crippen molar-refractivity contribution in [3.8, 4) is 5.69 Å². The minimum absolute atomic E-state index is 0.519. The van der Waals surface area contributed by atoms with E-state index in [2.05, 4.69) is 10.1 Å². The molecule has 5 heteroatoms. The topological polar surface area (TPSA) is 50.9 Å². The number of aromatic nitrogens is 3. The first-order chi connectivity index (χ1) is 9.72. The van der Waals surface area contributed by atoms with Crippen LogP contribution in [0.25, 0.3) is 5.69 Å². The Bertz CT molecular complexity index is 690. The van der Waals surface area contributed by atoms with Gasteiger partial charge in [-0.2, -0.15) is 5.10 Å². The summed E-state index contributed by atoms with van der Waals surface area (Å²) in [7, 11) is 0. The van der Waals surface area contributed by atoms with Gasteiger partial charge in [-0.05, 0) is 19.1 Å². The first-order valence-electron chi connectivity index (χ1n) is 6.41. The third-order valence-electron chi connectivity index (χ3n) is 3.08. The second-order valence-corrected chi connectivity index (χ2v) is 5.69. The lowest BCUT2D eigenvalue weighted by Crippen LogP contribution is -2.01. The van der Waals surface area contributed by atoms with Gasteiger partial charge in [0, 0.05) is 23.6 Å². The van der Waals surface area contributed by atoms with Crippen molar-refractivity contribution in [3.05, 3.63) is 64.4 Å². The molecule has 0 saturated carbocycles. The minimum Gasteiger partial charge on any atom is -0.388 e. The summed E-state index contributed by atoms with van der Waals surface area (Å²) in [6.07, 6.45) is 3.51. The molecule has 0 bridgehead atoms. The molecule has 0 fully saturated rings. The van der Waals surface area contributed by atoms with E-state index in [-0.39, 0.29) is 0 Å². The highest BCUT2D eigenvalue weighted by molar-refractivity contribution is 7.09. The monoisotopic (exact) mass is 285 g/mol. The molecule has 0 aliphatic carbocycles. The molecule has 0 saturated heterocycles. The van der Waals surface area contributed by atoms with Crippen LogP contribution in [0.3, 0.4) is 0 Å². The zero-order chi connectivity index (χ0) is 13.9. The largest absolute Gasteiger partial charge is 0.388 e. The number of rotatable bonds is 4. The Labute approximate surface area is 121 Å². The van der Waals surface area contributed by atoms with E-state index in [4.69, 9.17) is 0 Å². The van der Waals surface area contributed by atoms with E-state index in [9.17, 15) is 5.11 Å². The van der Waals surface area contributed by atoms with Crippen molar-refractivity contribution in [2.45, 2.75) is 19.4 Å². The molecule has 1 N–H and O–H groups in total. The molecule has 1 atom stereocenters. The molecule has 0 aliphatic rings. The Morgan fingerprint density at radius 3 is 2.80 bits per heavy atom. The summed E-state index contributed by atoms with van der Waals surface area (Å²) in [5, 5.41) is 17.6. The minimum atomic E-state index is -0.575. The predicted molar refractivity (Wildman–Crippen MR) is 79.1 cm³/mol. The van der Waals surface area contributed by atoms with Gasteiger partial charge in [0.1, 0.15) is 0 Å². The molecule has 102 valence electrons. The van der Waals surface area contributed by atoms with E-state index in [1.54, 1.807) is 22.2 Å². The maximum absolute atomic E-state index is 10.3. The summed E-state index contributed by atoms with van der Waals surface area (Å²) in [6, 6.07) is 9.85. The molecule has 3 rings (SSSR count). The number of aryl methyl sites for hydroxylation is 1. The van der Waals surface area contributed by atoms with E-state index < -0.39 is 6.10 Å². The lowest BCUT2D eigenvalue weighted by Gasteiger charge is -2.05.